The van der Waals surface area contributed by atoms with Crippen LogP contribution in [-0.2, 0) is 0 Å². The van der Waals surface area contributed by atoms with Gasteiger partial charge in [-0.2, -0.15) is 0 Å². The van der Waals surface area contributed by atoms with Crippen LogP contribution in [0, 0.1) is 0 Å². The number of rotatable bonds is 1. The largest absolute Gasteiger partial charge is 0.353 e. The molecule has 0 amide bonds. The van der Waals surface area contributed by atoms with Gasteiger partial charge in [0.05, 0.1) is 16.9 Å². The number of nitrogens with one attached hydrogen (secondary N) is 1. The molecule has 1 aromatic heterocycles. The first-order valence-corrected chi connectivity index (χ1v) is 5.26. The lowest BCUT2D eigenvalue weighted by molar-refractivity contribution is 0.567. The molecule has 2 aromatic rings. The summed E-state index contributed by atoms with van der Waals surface area (Å²) >= 11 is 0. The van der Waals surface area contributed by atoms with Crippen LogP contribution in [-0.4, -0.2) is 22.6 Å². The fourth-order valence-corrected chi connectivity index (χ4v) is 2.10. The van der Waals surface area contributed by atoms with Crippen LogP contribution in [0.25, 0.3) is 10.9 Å². The summed E-state index contributed by atoms with van der Waals surface area (Å²) in [6.07, 6.45) is 0. The van der Waals surface area contributed by atoms with Gasteiger partial charge in [-0.3, -0.25) is 9.36 Å². The van der Waals surface area contributed by atoms with Crippen molar-refractivity contribution in [3.8, 4) is 0 Å². The van der Waals surface area contributed by atoms with Crippen LogP contribution in [0.1, 0.15) is 6.04 Å². The summed E-state index contributed by atoms with van der Waals surface area (Å²) in [5.41, 5.74) is 6.35. The van der Waals surface area contributed by atoms with Crippen molar-refractivity contribution in [2.24, 2.45) is 5.73 Å². The summed E-state index contributed by atoms with van der Waals surface area (Å²) in [7, 11) is 0. The number of nitrogens with two attached hydrogens (primary N) is 1. The monoisotopic (exact) mass is 216 g/mol. The van der Waals surface area contributed by atoms with Crippen molar-refractivity contribution in [2.75, 3.05) is 18.4 Å². The molecule has 0 spiro atoms. The molecule has 0 bridgehead atoms. The van der Waals surface area contributed by atoms with Gasteiger partial charge in [-0.05, 0) is 12.1 Å². The summed E-state index contributed by atoms with van der Waals surface area (Å²) in [5, 5.41) is 3.75. The van der Waals surface area contributed by atoms with Crippen LogP contribution in [0.4, 0.5) is 5.95 Å². The van der Waals surface area contributed by atoms with Crippen LogP contribution in [0.5, 0.6) is 0 Å². The maximum atomic E-state index is 12.2. The topological polar surface area (TPSA) is 72.9 Å². The molecular weight excluding hydrogens is 204 g/mol. The van der Waals surface area contributed by atoms with E-state index in [2.05, 4.69) is 10.3 Å². The van der Waals surface area contributed by atoms with Crippen molar-refractivity contribution < 1.29 is 0 Å². The van der Waals surface area contributed by atoms with Crippen LogP contribution in [0.2, 0.25) is 0 Å². The molecule has 1 aliphatic rings. The predicted octanol–water partition coefficient (Wildman–Crippen LogP) is 0.322. The van der Waals surface area contributed by atoms with E-state index in [4.69, 9.17) is 5.73 Å². The second kappa shape index (κ2) is 3.31. The van der Waals surface area contributed by atoms with E-state index in [9.17, 15) is 4.79 Å². The Balaban J connectivity index is 2.37. The summed E-state index contributed by atoms with van der Waals surface area (Å²) in [6.45, 7) is 1.12. The van der Waals surface area contributed by atoms with Crippen LogP contribution in [0.15, 0.2) is 29.1 Å². The zero-order valence-electron chi connectivity index (χ0n) is 8.68. The number of hydrogen-bond donors (Lipinski definition) is 2. The van der Waals surface area contributed by atoms with Gasteiger partial charge in [0.1, 0.15) is 0 Å². The highest BCUT2D eigenvalue weighted by atomic mass is 16.1. The van der Waals surface area contributed by atoms with Gasteiger partial charge in [-0.25, -0.2) is 4.98 Å². The fraction of sp³-hybridized carbons (Fsp3) is 0.273. The van der Waals surface area contributed by atoms with Gasteiger partial charge in [0.2, 0.25) is 5.95 Å². The third kappa shape index (κ3) is 1.15. The molecule has 0 unspecified atom stereocenters. The van der Waals surface area contributed by atoms with Crippen LogP contribution >= 0.6 is 0 Å². The molecule has 0 saturated heterocycles. The first-order valence-electron chi connectivity index (χ1n) is 5.26. The Morgan fingerprint density at radius 1 is 1.50 bits per heavy atom. The number of para-hydroxylation sites is 1. The minimum atomic E-state index is -0.0129. The maximum absolute atomic E-state index is 12.2. The minimum Gasteiger partial charge on any atom is -0.353 e. The zero-order valence-corrected chi connectivity index (χ0v) is 8.68. The van der Waals surface area contributed by atoms with Crippen molar-refractivity contribution in [2.45, 2.75) is 6.04 Å². The molecule has 1 aromatic carbocycles. The van der Waals surface area contributed by atoms with Gasteiger partial charge in [0, 0.05) is 13.1 Å². The van der Waals surface area contributed by atoms with Crippen molar-refractivity contribution in [3.05, 3.63) is 34.6 Å². The van der Waals surface area contributed by atoms with E-state index in [0.717, 1.165) is 5.52 Å². The molecule has 0 radical (unpaired) electrons. The lowest BCUT2D eigenvalue weighted by atomic mass is 10.2. The molecule has 5 heteroatoms. The second-order valence-electron chi connectivity index (χ2n) is 3.90. The number of fused-ring (bicyclic) bond motifs is 2. The predicted molar refractivity (Wildman–Crippen MR) is 62.6 cm³/mol. The Morgan fingerprint density at radius 2 is 2.31 bits per heavy atom. The molecule has 1 atom stereocenters. The average molecular weight is 216 g/mol. The van der Waals surface area contributed by atoms with E-state index >= 15 is 0 Å². The van der Waals surface area contributed by atoms with E-state index < -0.39 is 0 Å². The van der Waals surface area contributed by atoms with E-state index in [0.29, 0.717) is 24.4 Å². The molecular formula is C11H12N4O. The van der Waals surface area contributed by atoms with E-state index in [1.165, 1.54) is 0 Å². The minimum absolute atomic E-state index is 0.0129. The van der Waals surface area contributed by atoms with E-state index in [-0.39, 0.29) is 11.6 Å². The first-order chi connectivity index (χ1) is 7.81. The molecule has 16 heavy (non-hydrogen) atoms. The standard InChI is InChI=1S/C11H12N4O/c12-5-7-6-13-11-14-9-4-2-1-3-8(9)10(16)15(7)11/h1-4,7H,5-6,12H2,(H,13,14)/t7-/m1/s1. The molecule has 82 valence electrons. The van der Waals surface area contributed by atoms with E-state index in [1.54, 1.807) is 10.6 Å². The Morgan fingerprint density at radius 3 is 3.12 bits per heavy atom. The van der Waals surface area contributed by atoms with Crippen LogP contribution in [0.3, 0.4) is 0 Å². The van der Waals surface area contributed by atoms with Crippen molar-refractivity contribution in [3.63, 3.8) is 0 Å². The summed E-state index contributed by atoms with van der Waals surface area (Å²) in [5.74, 6) is 0.624. The Labute approximate surface area is 91.9 Å². The molecule has 0 saturated carbocycles. The van der Waals surface area contributed by atoms with Crippen molar-refractivity contribution in [1.29, 1.82) is 0 Å². The number of aromatic nitrogens is 2. The number of hydrogen-bond acceptors (Lipinski definition) is 4. The molecule has 3 N–H and O–H groups in total. The average Bonchev–Trinajstić information content (AvgIpc) is 2.72. The van der Waals surface area contributed by atoms with Crippen molar-refractivity contribution >= 4 is 16.9 Å². The van der Waals surface area contributed by atoms with Gasteiger partial charge in [-0.1, -0.05) is 12.1 Å². The highest BCUT2D eigenvalue weighted by molar-refractivity contribution is 5.78. The number of nitrogens with zero attached hydrogens (tertiary/aromatic N) is 2. The Bertz CT molecular complexity index is 604. The third-order valence-corrected chi connectivity index (χ3v) is 2.94. The molecule has 3 rings (SSSR count). The van der Waals surface area contributed by atoms with Gasteiger partial charge in [0.25, 0.3) is 5.56 Å². The highest BCUT2D eigenvalue weighted by Gasteiger charge is 2.23. The first kappa shape index (κ1) is 9.35. The molecule has 0 fully saturated rings. The Kier molecular flexibility index (Phi) is 1.94. The zero-order chi connectivity index (χ0) is 11.1. The van der Waals surface area contributed by atoms with Gasteiger partial charge in [-0.15, -0.1) is 0 Å². The lowest BCUT2D eigenvalue weighted by Gasteiger charge is -2.09. The molecule has 5 nitrogen and oxygen atoms in total. The molecule has 0 aliphatic carbocycles. The molecule has 2 heterocycles. The van der Waals surface area contributed by atoms with Crippen LogP contribution < -0.4 is 16.6 Å². The van der Waals surface area contributed by atoms with E-state index in [1.807, 2.05) is 18.2 Å². The fourth-order valence-electron chi connectivity index (χ4n) is 2.10. The summed E-state index contributed by atoms with van der Waals surface area (Å²) in [4.78, 5) is 16.6. The normalized spacial score (nSPS) is 18.4. The quantitative estimate of drug-likeness (QED) is 0.720. The summed E-state index contributed by atoms with van der Waals surface area (Å²) < 4.78 is 1.66. The van der Waals surface area contributed by atoms with Gasteiger partial charge >= 0.3 is 0 Å². The third-order valence-electron chi connectivity index (χ3n) is 2.94. The smallest absolute Gasteiger partial charge is 0.263 e. The highest BCUT2D eigenvalue weighted by Crippen LogP contribution is 2.20. The maximum Gasteiger partial charge on any atom is 0.263 e. The van der Waals surface area contributed by atoms with Gasteiger partial charge in [0.15, 0.2) is 0 Å². The summed E-state index contributed by atoms with van der Waals surface area (Å²) in [6, 6.07) is 7.37. The number of anilines is 1. The lowest BCUT2D eigenvalue weighted by Crippen LogP contribution is -2.28. The molecule has 1 aliphatic heterocycles. The Hall–Kier alpha value is -1.88. The van der Waals surface area contributed by atoms with Crippen molar-refractivity contribution in [1.82, 2.24) is 9.55 Å². The van der Waals surface area contributed by atoms with Gasteiger partial charge < -0.3 is 11.1 Å². The SMILES string of the molecule is NC[C@@H]1CNc2nc3ccccc3c(=O)n21. The second-order valence-corrected chi connectivity index (χ2v) is 3.90. The number of benzene rings is 1.